The molecule has 0 saturated carbocycles. The standard InChI is InChI=1S/C9H7N3O2/c1-6-7-3-2-4-9(12(13)14)8(7)5-10-11-6/h2-5H,1H3. The van der Waals surface area contributed by atoms with E-state index < -0.39 is 4.92 Å². The number of hydrogen-bond acceptors (Lipinski definition) is 4. The van der Waals surface area contributed by atoms with Crippen molar-refractivity contribution in [1.29, 1.82) is 0 Å². The van der Waals surface area contributed by atoms with Gasteiger partial charge in [-0.2, -0.15) is 10.2 Å². The number of non-ortho nitro benzene ring substituents is 1. The Morgan fingerprint density at radius 1 is 1.36 bits per heavy atom. The molecule has 2 rings (SSSR count). The zero-order valence-corrected chi connectivity index (χ0v) is 7.47. The molecule has 1 heterocycles. The van der Waals surface area contributed by atoms with Crippen LogP contribution in [0.3, 0.4) is 0 Å². The first-order chi connectivity index (χ1) is 6.70. The van der Waals surface area contributed by atoms with Gasteiger partial charge in [-0.15, -0.1) is 0 Å². The zero-order valence-electron chi connectivity index (χ0n) is 7.47. The second-order valence-electron chi connectivity index (χ2n) is 2.93. The molecule has 0 atom stereocenters. The lowest BCUT2D eigenvalue weighted by Gasteiger charge is -1.99. The maximum absolute atomic E-state index is 10.7. The van der Waals surface area contributed by atoms with Crippen molar-refractivity contribution in [3.63, 3.8) is 0 Å². The second-order valence-corrected chi connectivity index (χ2v) is 2.93. The van der Waals surface area contributed by atoms with Crippen LogP contribution in [0, 0.1) is 17.0 Å². The Balaban J connectivity index is 2.88. The van der Waals surface area contributed by atoms with Crippen LogP contribution in [-0.2, 0) is 0 Å². The lowest BCUT2D eigenvalue weighted by molar-refractivity contribution is -0.383. The van der Waals surface area contributed by atoms with Gasteiger partial charge in [0.15, 0.2) is 0 Å². The van der Waals surface area contributed by atoms with E-state index in [1.807, 2.05) is 0 Å². The lowest BCUT2D eigenvalue weighted by Crippen LogP contribution is -1.93. The Bertz CT molecular complexity index is 510. The van der Waals surface area contributed by atoms with E-state index in [1.165, 1.54) is 12.3 Å². The molecule has 2 aromatic rings. The van der Waals surface area contributed by atoms with Crippen molar-refractivity contribution in [1.82, 2.24) is 10.2 Å². The van der Waals surface area contributed by atoms with Crippen LogP contribution in [0.1, 0.15) is 5.69 Å². The van der Waals surface area contributed by atoms with E-state index >= 15 is 0 Å². The van der Waals surface area contributed by atoms with E-state index in [-0.39, 0.29) is 5.69 Å². The van der Waals surface area contributed by atoms with E-state index in [0.29, 0.717) is 11.1 Å². The molecule has 14 heavy (non-hydrogen) atoms. The van der Waals surface area contributed by atoms with Gasteiger partial charge in [0.1, 0.15) is 0 Å². The number of fused-ring (bicyclic) bond motifs is 1. The fourth-order valence-corrected chi connectivity index (χ4v) is 1.39. The van der Waals surface area contributed by atoms with Crippen LogP contribution in [0.4, 0.5) is 5.69 Å². The molecule has 0 aliphatic heterocycles. The van der Waals surface area contributed by atoms with Gasteiger partial charge >= 0.3 is 0 Å². The smallest absolute Gasteiger partial charge is 0.258 e. The number of hydrogen-bond donors (Lipinski definition) is 0. The van der Waals surface area contributed by atoms with Gasteiger partial charge < -0.3 is 0 Å². The summed E-state index contributed by atoms with van der Waals surface area (Å²) in [7, 11) is 0. The molecule has 0 aliphatic rings. The molecule has 0 amide bonds. The Hall–Kier alpha value is -2.04. The number of aryl methyl sites for hydroxylation is 1. The van der Waals surface area contributed by atoms with E-state index in [9.17, 15) is 10.1 Å². The molecule has 1 aromatic heterocycles. The Labute approximate surface area is 79.5 Å². The van der Waals surface area contributed by atoms with Crippen molar-refractivity contribution in [2.75, 3.05) is 0 Å². The molecule has 5 heteroatoms. The SMILES string of the molecule is Cc1nncc2c([N+](=O)[O-])cccc12. The summed E-state index contributed by atoms with van der Waals surface area (Å²) in [5.41, 5.74) is 0.770. The highest BCUT2D eigenvalue weighted by molar-refractivity contribution is 5.91. The highest BCUT2D eigenvalue weighted by atomic mass is 16.6. The number of rotatable bonds is 1. The average molecular weight is 189 g/mol. The Kier molecular flexibility index (Phi) is 1.85. The molecule has 0 unspecified atom stereocenters. The van der Waals surface area contributed by atoms with Crippen molar-refractivity contribution in [2.45, 2.75) is 6.92 Å². The minimum atomic E-state index is -0.413. The molecule has 0 radical (unpaired) electrons. The molecular weight excluding hydrogens is 182 g/mol. The molecule has 0 N–H and O–H groups in total. The molecule has 0 aliphatic carbocycles. The predicted molar refractivity (Wildman–Crippen MR) is 50.9 cm³/mol. The van der Waals surface area contributed by atoms with Gasteiger partial charge in [0.25, 0.3) is 5.69 Å². The molecule has 1 aromatic carbocycles. The molecule has 5 nitrogen and oxygen atoms in total. The van der Waals surface area contributed by atoms with Gasteiger partial charge in [-0.3, -0.25) is 10.1 Å². The fourth-order valence-electron chi connectivity index (χ4n) is 1.39. The Morgan fingerprint density at radius 3 is 2.86 bits per heavy atom. The molecule has 0 saturated heterocycles. The van der Waals surface area contributed by atoms with Gasteiger partial charge in [0.05, 0.1) is 22.2 Å². The Morgan fingerprint density at radius 2 is 2.14 bits per heavy atom. The minimum Gasteiger partial charge on any atom is -0.258 e. The van der Waals surface area contributed by atoms with Gasteiger partial charge in [-0.25, -0.2) is 0 Å². The van der Waals surface area contributed by atoms with Crippen molar-refractivity contribution in [3.8, 4) is 0 Å². The van der Waals surface area contributed by atoms with E-state index in [2.05, 4.69) is 10.2 Å². The lowest BCUT2D eigenvalue weighted by atomic mass is 10.1. The zero-order chi connectivity index (χ0) is 10.1. The van der Waals surface area contributed by atoms with Crippen LogP contribution in [0.5, 0.6) is 0 Å². The van der Waals surface area contributed by atoms with Crippen LogP contribution in [0.2, 0.25) is 0 Å². The summed E-state index contributed by atoms with van der Waals surface area (Å²) in [6.07, 6.45) is 1.42. The first-order valence-corrected chi connectivity index (χ1v) is 4.05. The first kappa shape index (κ1) is 8.55. The summed E-state index contributed by atoms with van der Waals surface area (Å²) >= 11 is 0. The van der Waals surface area contributed by atoms with E-state index in [4.69, 9.17) is 0 Å². The van der Waals surface area contributed by atoms with Crippen molar-refractivity contribution >= 4 is 16.5 Å². The summed E-state index contributed by atoms with van der Waals surface area (Å²) in [6, 6.07) is 4.91. The predicted octanol–water partition coefficient (Wildman–Crippen LogP) is 1.85. The number of nitro benzene ring substituents is 1. The van der Waals surface area contributed by atoms with Crippen LogP contribution < -0.4 is 0 Å². The van der Waals surface area contributed by atoms with E-state index in [1.54, 1.807) is 19.1 Å². The first-order valence-electron chi connectivity index (χ1n) is 4.05. The highest BCUT2D eigenvalue weighted by Gasteiger charge is 2.12. The van der Waals surface area contributed by atoms with Gasteiger partial charge in [0.2, 0.25) is 0 Å². The summed E-state index contributed by atoms with van der Waals surface area (Å²) in [4.78, 5) is 10.3. The van der Waals surface area contributed by atoms with Gasteiger partial charge in [-0.05, 0) is 6.92 Å². The van der Waals surface area contributed by atoms with Crippen LogP contribution in [0.15, 0.2) is 24.4 Å². The van der Waals surface area contributed by atoms with Gasteiger partial charge in [-0.1, -0.05) is 12.1 Å². The molecule has 0 fully saturated rings. The maximum Gasteiger partial charge on any atom is 0.278 e. The molecular formula is C9H7N3O2. The number of nitro groups is 1. The van der Waals surface area contributed by atoms with E-state index in [0.717, 1.165) is 5.39 Å². The summed E-state index contributed by atoms with van der Waals surface area (Å²) in [5, 5.41) is 19.5. The third kappa shape index (κ3) is 1.19. The third-order valence-corrected chi connectivity index (χ3v) is 2.06. The average Bonchev–Trinajstić information content (AvgIpc) is 2.17. The van der Waals surface area contributed by atoms with Gasteiger partial charge in [0, 0.05) is 11.5 Å². The minimum absolute atomic E-state index is 0.0699. The molecule has 0 bridgehead atoms. The fraction of sp³-hybridized carbons (Fsp3) is 0.111. The van der Waals surface area contributed by atoms with Crippen molar-refractivity contribution < 1.29 is 4.92 Å². The molecule has 0 spiro atoms. The summed E-state index contributed by atoms with van der Waals surface area (Å²) in [6.45, 7) is 1.78. The number of benzene rings is 1. The third-order valence-electron chi connectivity index (χ3n) is 2.06. The van der Waals surface area contributed by atoms with Crippen LogP contribution in [-0.4, -0.2) is 15.1 Å². The monoisotopic (exact) mass is 189 g/mol. The maximum atomic E-state index is 10.7. The number of nitrogens with zero attached hydrogens (tertiary/aromatic N) is 3. The quantitative estimate of drug-likeness (QED) is 0.507. The van der Waals surface area contributed by atoms with Crippen molar-refractivity contribution in [2.24, 2.45) is 0 Å². The normalized spacial score (nSPS) is 10.4. The topological polar surface area (TPSA) is 68.9 Å². The van der Waals surface area contributed by atoms with Crippen molar-refractivity contribution in [3.05, 3.63) is 40.2 Å². The number of aromatic nitrogens is 2. The summed E-state index contributed by atoms with van der Waals surface area (Å²) in [5.74, 6) is 0. The van der Waals surface area contributed by atoms with Crippen LogP contribution >= 0.6 is 0 Å². The summed E-state index contributed by atoms with van der Waals surface area (Å²) < 4.78 is 0. The largest absolute Gasteiger partial charge is 0.278 e. The highest BCUT2D eigenvalue weighted by Crippen LogP contribution is 2.25. The van der Waals surface area contributed by atoms with Crippen LogP contribution in [0.25, 0.3) is 10.8 Å². The second kappa shape index (κ2) is 3.02. The molecule has 70 valence electrons.